The van der Waals surface area contributed by atoms with Gasteiger partial charge in [-0.3, -0.25) is 14.9 Å². The van der Waals surface area contributed by atoms with Gasteiger partial charge in [0.25, 0.3) is 5.91 Å². The van der Waals surface area contributed by atoms with Gasteiger partial charge in [-0.1, -0.05) is 12.1 Å². The Morgan fingerprint density at radius 2 is 1.84 bits per heavy atom. The highest BCUT2D eigenvalue weighted by molar-refractivity contribution is 5.93. The van der Waals surface area contributed by atoms with Gasteiger partial charge in [-0.05, 0) is 55.7 Å². The van der Waals surface area contributed by atoms with E-state index in [1.165, 1.54) is 30.3 Å². The van der Waals surface area contributed by atoms with Crippen molar-refractivity contribution in [1.29, 1.82) is 0 Å². The molecular weight excluding hydrogens is 403 g/mol. The number of hydrogen-bond acceptors (Lipinski definition) is 5. The van der Waals surface area contributed by atoms with Crippen LogP contribution in [0.4, 0.5) is 14.9 Å². The summed E-state index contributed by atoms with van der Waals surface area (Å²) in [4.78, 5) is 36.9. The molecule has 1 saturated carbocycles. The Morgan fingerprint density at radius 1 is 1.06 bits per heavy atom. The average molecular weight is 424 g/mol. The number of ether oxygens (including phenoxy) is 1. The second-order valence-corrected chi connectivity index (χ2v) is 7.47. The van der Waals surface area contributed by atoms with Gasteiger partial charge < -0.3 is 14.5 Å². The molecule has 7 nitrogen and oxygen atoms in total. The van der Waals surface area contributed by atoms with Crippen molar-refractivity contribution in [2.24, 2.45) is 0 Å². The zero-order valence-electron chi connectivity index (χ0n) is 16.6. The molecule has 1 aliphatic carbocycles. The minimum absolute atomic E-state index is 0.0548. The first-order valence-electron chi connectivity index (χ1n) is 10.0. The topological polar surface area (TPSA) is 97.6 Å². The summed E-state index contributed by atoms with van der Waals surface area (Å²) in [5.41, 5.74) is 0.496. The predicted octanol–water partition coefficient (Wildman–Crippen LogP) is 4.22. The molecule has 31 heavy (non-hydrogen) atoms. The molecule has 2 aromatic carbocycles. The first-order valence-corrected chi connectivity index (χ1v) is 10.0. The summed E-state index contributed by atoms with van der Waals surface area (Å²) >= 11 is 0. The molecule has 1 heterocycles. The van der Waals surface area contributed by atoms with Crippen LogP contribution in [0.1, 0.15) is 36.2 Å². The molecule has 0 radical (unpaired) electrons. The molecule has 2 atom stereocenters. The maximum absolute atomic E-state index is 13.0. The Balaban J connectivity index is 1.35. The second-order valence-electron chi connectivity index (χ2n) is 7.47. The normalized spacial score (nSPS) is 18.4. The molecule has 2 N–H and O–H groups in total. The molecule has 1 aromatic heterocycles. The number of amides is 2. The van der Waals surface area contributed by atoms with Crippen molar-refractivity contribution < 1.29 is 23.1 Å². The number of para-hydroxylation sites is 1. The molecule has 2 amide bonds. The molecule has 0 bridgehead atoms. The maximum atomic E-state index is 13.0. The zero-order chi connectivity index (χ0) is 21.8. The Labute approximate surface area is 177 Å². The van der Waals surface area contributed by atoms with E-state index in [9.17, 15) is 18.8 Å². The number of carbonyl (C=O) groups excluding carboxylic acids is 2. The standard InChI is InChI=1S/C23H21FN2O5/c24-14-8-10-15(11-9-14)26-23(29)30-17-5-3-4-16(12-17)25-22(28)21-13-19(27)18-6-1-2-7-20(18)31-21/h1-2,6-11,13,16-17H,3-5,12H2,(H,25,28)(H,26,29)/t16-,17+/m0/s1. The number of fused-ring (bicyclic) bond motifs is 1. The Morgan fingerprint density at radius 3 is 2.65 bits per heavy atom. The number of benzene rings is 2. The smallest absolute Gasteiger partial charge is 0.411 e. The van der Waals surface area contributed by atoms with E-state index < -0.39 is 17.8 Å². The van der Waals surface area contributed by atoms with Crippen molar-refractivity contribution in [2.75, 3.05) is 5.32 Å². The van der Waals surface area contributed by atoms with Crippen LogP contribution >= 0.6 is 0 Å². The summed E-state index contributed by atoms with van der Waals surface area (Å²) in [5.74, 6) is -0.933. The number of rotatable bonds is 4. The average Bonchev–Trinajstić information content (AvgIpc) is 2.75. The van der Waals surface area contributed by atoms with Gasteiger partial charge in [0.1, 0.15) is 17.5 Å². The monoisotopic (exact) mass is 424 g/mol. The van der Waals surface area contributed by atoms with Gasteiger partial charge in [-0.2, -0.15) is 0 Å². The minimum Gasteiger partial charge on any atom is -0.451 e. The largest absolute Gasteiger partial charge is 0.451 e. The number of carbonyl (C=O) groups is 2. The third kappa shape index (κ3) is 5.09. The van der Waals surface area contributed by atoms with Crippen molar-refractivity contribution in [3.8, 4) is 0 Å². The third-order valence-electron chi connectivity index (χ3n) is 5.18. The van der Waals surface area contributed by atoms with E-state index in [2.05, 4.69) is 10.6 Å². The molecule has 3 aromatic rings. The maximum Gasteiger partial charge on any atom is 0.411 e. The van der Waals surface area contributed by atoms with E-state index in [1.54, 1.807) is 24.3 Å². The lowest BCUT2D eigenvalue weighted by molar-refractivity contribution is 0.0702. The fraction of sp³-hybridized carbons (Fsp3) is 0.261. The number of nitrogens with one attached hydrogen (secondary N) is 2. The van der Waals surface area contributed by atoms with E-state index in [4.69, 9.17) is 9.15 Å². The Bertz CT molecular complexity index is 1160. The van der Waals surface area contributed by atoms with Crippen molar-refractivity contribution in [1.82, 2.24) is 5.32 Å². The van der Waals surface area contributed by atoms with Gasteiger partial charge >= 0.3 is 6.09 Å². The molecule has 8 heteroatoms. The molecule has 1 aliphatic rings. The van der Waals surface area contributed by atoms with Crippen LogP contribution < -0.4 is 16.1 Å². The SMILES string of the molecule is O=C(Nc1ccc(F)cc1)O[C@@H]1CCC[C@H](NC(=O)c2cc(=O)c3ccccc3o2)C1. The molecule has 0 aliphatic heterocycles. The molecule has 0 spiro atoms. The lowest BCUT2D eigenvalue weighted by atomic mass is 9.92. The third-order valence-corrected chi connectivity index (χ3v) is 5.18. The molecule has 1 fully saturated rings. The summed E-state index contributed by atoms with van der Waals surface area (Å²) in [7, 11) is 0. The van der Waals surface area contributed by atoms with Gasteiger partial charge in [0.05, 0.1) is 5.39 Å². The summed E-state index contributed by atoms with van der Waals surface area (Å²) in [6.07, 6.45) is 1.60. The van der Waals surface area contributed by atoms with Gasteiger partial charge in [-0.15, -0.1) is 0 Å². The highest BCUT2D eigenvalue weighted by Gasteiger charge is 2.27. The van der Waals surface area contributed by atoms with Crippen molar-refractivity contribution in [3.63, 3.8) is 0 Å². The predicted molar refractivity (Wildman–Crippen MR) is 112 cm³/mol. The molecular formula is C23H21FN2O5. The van der Waals surface area contributed by atoms with Crippen molar-refractivity contribution >= 4 is 28.7 Å². The summed E-state index contributed by atoms with van der Waals surface area (Å²) in [5, 5.41) is 5.83. The van der Waals surface area contributed by atoms with E-state index in [-0.39, 0.29) is 23.3 Å². The molecule has 0 unspecified atom stereocenters. The van der Waals surface area contributed by atoms with Gasteiger partial charge in [-0.25, -0.2) is 9.18 Å². The highest BCUT2D eigenvalue weighted by Crippen LogP contribution is 2.22. The zero-order valence-corrected chi connectivity index (χ0v) is 16.6. The van der Waals surface area contributed by atoms with Gasteiger partial charge in [0.2, 0.25) is 0 Å². The lowest BCUT2D eigenvalue weighted by Gasteiger charge is -2.29. The van der Waals surface area contributed by atoms with Crippen LogP contribution in [0.5, 0.6) is 0 Å². The lowest BCUT2D eigenvalue weighted by Crippen LogP contribution is -2.41. The van der Waals surface area contributed by atoms with Crippen LogP contribution in [0.25, 0.3) is 11.0 Å². The minimum atomic E-state index is -0.635. The summed E-state index contributed by atoms with van der Waals surface area (Å²) < 4.78 is 24.0. The van der Waals surface area contributed by atoms with Crippen molar-refractivity contribution in [3.05, 3.63) is 76.4 Å². The summed E-state index contributed by atoms with van der Waals surface area (Å²) in [6, 6.07) is 13.1. The Kier molecular flexibility index (Phi) is 5.97. The van der Waals surface area contributed by atoms with E-state index in [0.29, 0.717) is 29.5 Å². The fourth-order valence-corrected chi connectivity index (χ4v) is 3.69. The number of halogens is 1. The van der Waals surface area contributed by atoms with Crippen molar-refractivity contribution in [2.45, 2.75) is 37.8 Å². The number of hydrogen-bond donors (Lipinski definition) is 2. The van der Waals surface area contributed by atoms with Crippen LogP contribution in [-0.2, 0) is 4.74 Å². The first-order chi connectivity index (χ1) is 15.0. The van der Waals surface area contributed by atoms with Crippen LogP contribution in [-0.4, -0.2) is 24.1 Å². The molecule has 160 valence electrons. The summed E-state index contributed by atoms with van der Waals surface area (Å²) in [6.45, 7) is 0. The van der Waals surface area contributed by atoms with Crippen LogP contribution in [0.2, 0.25) is 0 Å². The van der Waals surface area contributed by atoms with E-state index in [1.807, 2.05) is 0 Å². The quantitative estimate of drug-likeness (QED) is 0.654. The molecule has 0 saturated heterocycles. The number of anilines is 1. The van der Waals surface area contributed by atoms with Gasteiger partial charge in [0, 0.05) is 24.2 Å². The van der Waals surface area contributed by atoms with E-state index >= 15 is 0 Å². The van der Waals surface area contributed by atoms with Gasteiger partial charge in [0.15, 0.2) is 11.2 Å². The fourth-order valence-electron chi connectivity index (χ4n) is 3.69. The Hall–Kier alpha value is -3.68. The molecule has 4 rings (SSSR count). The second kappa shape index (κ2) is 8.99. The van der Waals surface area contributed by atoms with Crippen LogP contribution in [0, 0.1) is 5.82 Å². The van der Waals surface area contributed by atoms with Crippen LogP contribution in [0.15, 0.2) is 63.8 Å². The first kappa shape index (κ1) is 20.6. The van der Waals surface area contributed by atoms with Crippen LogP contribution in [0.3, 0.4) is 0 Å². The van der Waals surface area contributed by atoms with E-state index in [0.717, 1.165) is 12.8 Å². The highest BCUT2D eigenvalue weighted by atomic mass is 19.1.